The first-order valence-electron chi connectivity index (χ1n) is 7.88. The van der Waals surface area contributed by atoms with Gasteiger partial charge >= 0.3 is 5.97 Å². The van der Waals surface area contributed by atoms with Crippen molar-refractivity contribution in [3.8, 4) is 0 Å². The van der Waals surface area contributed by atoms with Crippen LogP contribution >= 0.6 is 11.3 Å². The van der Waals surface area contributed by atoms with Gasteiger partial charge in [-0.05, 0) is 32.4 Å². The number of amides is 1. The second-order valence-corrected chi connectivity index (χ2v) is 7.04. The van der Waals surface area contributed by atoms with Crippen LogP contribution in [0.3, 0.4) is 0 Å². The van der Waals surface area contributed by atoms with Crippen molar-refractivity contribution in [1.29, 1.82) is 0 Å². The Morgan fingerprint density at radius 1 is 1.28 bits per heavy atom. The molecule has 25 heavy (non-hydrogen) atoms. The fraction of sp³-hybridized carbons (Fsp3) is 0.278. The van der Waals surface area contributed by atoms with Crippen LogP contribution in [0.5, 0.6) is 0 Å². The third-order valence-electron chi connectivity index (χ3n) is 3.95. The van der Waals surface area contributed by atoms with E-state index in [-0.39, 0.29) is 0 Å². The number of hydrogen-bond donors (Lipinski definition) is 1. The number of nitrogens with two attached hydrogens (primary N) is 1. The van der Waals surface area contributed by atoms with Crippen LogP contribution in [-0.2, 0) is 16.1 Å². The Balaban J connectivity index is 1.89. The molecule has 0 bridgehead atoms. The summed E-state index contributed by atoms with van der Waals surface area (Å²) in [6, 6.07) is 10.0. The van der Waals surface area contributed by atoms with E-state index in [2.05, 4.69) is 29.4 Å². The Hall–Kier alpha value is -2.67. The van der Waals surface area contributed by atoms with Crippen LogP contribution < -0.4 is 5.73 Å². The van der Waals surface area contributed by atoms with E-state index in [1.165, 1.54) is 23.8 Å². The number of aromatic nitrogens is 2. The van der Waals surface area contributed by atoms with Crippen LogP contribution in [-0.4, -0.2) is 27.8 Å². The molecule has 3 aromatic rings. The van der Waals surface area contributed by atoms with Gasteiger partial charge in [0.05, 0.1) is 12.2 Å². The summed E-state index contributed by atoms with van der Waals surface area (Å²) < 4.78 is 6.96. The van der Waals surface area contributed by atoms with Crippen LogP contribution in [0.1, 0.15) is 33.4 Å². The minimum atomic E-state index is -0.956. The van der Waals surface area contributed by atoms with Crippen molar-refractivity contribution in [2.75, 3.05) is 0 Å². The summed E-state index contributed by atoms with van der Waals surface area (Å²) >= 11 is 1.30. The molecule has 2 aromatic heterocycles. The number of nitrogens with zero attached hydrogens (tertiary/aromatic N) is 2. The van der Waals surface area contributed by atoms with E-state index in [1.54, 1.807) is 6.07 Å². The van der Waals surface area contributed by atoms with E-state index in [9.17, 15) is 9.59 Å². The Morgan fingerprint density at radius 2 is 1.96 bits per heavy atom. The number of thiophene rings is 1. The molecule has 0 saturated carbocycles. The molecule has 0 spiro atoms. The normalized spacial score (nSPS) is 12.3. The van der Waals surface area contributed by atoms with Crippen molar-refractivity contribution in [1.82, 2.24) is 9.78 Å². The maximum absolute atomic E-state index is 12.2. The molecule has 7 heteroatoms. The first-order valence-corrected chi connectivity index (χ1v) is 8.69. The molecule has 0 radical (unpaired) electrons. The fourth-order valence-corrected chi connectivity index (χ4v) is 3.51. The number of hydrogen-bond acceptors (Lipinski definition) is 5. The van der Waals surface area contributed by atoms with Crippen molar-refractivity contribution in [3.63, 3.8) is 0 Å². The molecule has 0 aliphatic heterocycles. The summed E-state index contributed by atoms with van der Waals surface area (Å²) in [5.74, 6) is -1.22. The van der Waals surface area contributed by atoms with Gasteiger partial charge in [0.15, 0.2) is 6.10 Å². The summed E-state index contributed by atoms with van der Waals surface area (Å²) in [6.07, 6.45) is -0.956. The van der Waals surface area contributed by atoms with Gasteiger partial charge in [-0.1, -0.05) is 29.8 Å². The fourth-order valence-electron chi connectivity index (χ4n) is 2.46. The Bertz CT molecular complexity index is 941. The van der Waals surface area contributed by atoms with Crippen LogP contribution in [0.15, 0.2) is 30.3 Å². The zero-order valence-electron chi connectivity index (χ0n) is 14.3. The summed E-state index contributed by atoms with van der Waals surface area (Å²) in [6.45, 7) is 6.03. The van der Waals surface area contributed by atoms with E-state index in [4.69, 9.17) is 10.5 Å². The van der Waals surface area contributed by atoms with Gasteiger partial charge in [0, 0.05) is 5.39 Å². The molecule has 130 valence electrons. The molecular formula is C18H19N3O3S. The number of carbonyl (C=O) groups is 2. The molecule has 0 aliphatic carbocycles. The Labute approximate surface area is 149 Å². The number of ether oxygens (including phenoxy) is 1. The minimum absolute atomic E-state index is 0.432. The van der Waals surface area contributed by atoms with Crippen LogP contribution in [0.4, 0.5) is 0 Å². The lowest BCUT2D eigenvalue weighted by molar-refractivity contribution is -0.125. The molecule has 6 nitrogen and oxygen atoms in total. The molecule has 0 saturated heterocycles. The molecule has 1 aromatic carbocycles. The number of aryl methyl sites for hydroxylation is 2. The van der Waals surface area contributed by atoms with Gasteiger partial charge in [0.25, 0.3) is 5.91 Å². The van der Waals surface area contributed by atoms with E-state index >= 15 is 0 Å². The molecule has 2 N–H and O–H groups in total. The monoisotopic (exact) mass is 357 g/mol. The Kier molecular flexibility index (Phi) is 4.59. The summed E-state index contributed by atoms with van der Waals surface area (Å²) in [4.78, 5) is 24.6. The summed E-state index contributed by atoms with van der Waals surface area (Å²) in [7, 11) is 0. The van der Waals surface area contributed by atoms with Crippen LogP contribution in [0.2, 0.25) is 0 Å². The number of carbonyl (C=O) groups excluding carboxylic acids is 2. The number of fused-ring (bicyclic) bond motifs is 1. The van der Waals surface area contributed by atoms with Crippen molar-refractivity contribution in [2.24, 2.45) is 5.73 Å². The van der Waals surface area contributed by atoms with Crippen molar-refractivity contribution >= 4 is 33.4 Å². The molecule has 1 amide bonds. The predicted octanol–water partition coefficient (Wildman–Crippen LogP) is 2.79. The maximum Gasteiger partial charge on any atom is 0.349 e. The summed E-state index contributed by atoms with van der Waals surface area (Å²) in [5.41, 5.74) is 8.32. The number of esters is 1. The second kappa shape index (κ2) is 6.68. The van der Waals surface area contributed by atoms with Gasteiger partial charge in [-0.2, -0.15) is 5.10 Å². The molecule has 2 heterocycles. The van der Waals surface area contributed by atoms with Crippen molar-refractivity contribution in [3.05, 3.63) is 52.0 Å². The first-order chi connectivity index (χ1) is 11.8. The minimum Gasteiger partial charge on any atom is -0.448 e. The number of rotatable bonds is 5. The van der Waals surface area contributed by atoms with Gasteiger partial charge in [0.1, 0.15) is 9.71 Å². The van der Waals surface area contributed by atoms with Crippen LogP contribution in [0, 0.1) is 13.8 Å². The van der Waals surface area contributed by atoms with Crippen molar-refractivity contribution in [2.45, 2.75) is 33.4 Å². The third kappa shape index (κ3) is 3.56. The lowest BCUT2D eigenvalue weighted by atomic mass is 10.1. The van der Waals surface area contributed by atoms with E-state index < -0.39 is 18.0 Å². The molecule has 0 fully saturated rings. The number of benzene rings is 1. The highest BCUT2D eigenvalue weighted by Gasteiger charge is 2.21. The highest BCUT2D eigenvalue weighted by Crippen LogP contribution is 2.29. The lowest BCUT2D eigenvalue weighted by Crippen LogP contribution is -2.30. The smallest absolute Gasteiger partial charge is 0.349 e. The second-order valence-electron chi connectivity index (χ2n) is 6.01. The molecule has 0 aliphatic rings. The van der Waals surface area contributed by atoms with Gasteiger partial charge in [-0.3, -0.25) is 9.48 Å². The SMILES string of the molecule is Cc1ccc(Cn2nc(C)c3cc(C(=O)O[C@H](C)C(N)=O)sc32)cc1. The molecule has 3 rings (SSSR count). The quantitative estimate of drug-likeness (QED) is 0.711. The highest BCUT2D eigenvalue weighted by atomic mass is 32.1. The van der Waals surface area contributed by atoms with Gasteiger partial charge in [-0.15, -0.1) is 11.3 Å². The maximum atomic E-state index is 12.2. The van der Waals surface area contributed by atoms with Crippen molar-refractivity contribution < 1.29 is 14.3 Å². The van der Waals surface area contributed by atoms with Gasteiger partial charge in [-0.25, -0.2) is 4.79 Å². The first kappa shape index (κ1) is 17.2. The molecule has 1 atom stereocenters. The lowest BCUT2D eigenvalue weighted by Gasteiger charge is -2.07. The summed E-state index contributed by atoms with van der Waals surface area (Å²) in [5, 5.41) is 5.47. The van der Waals surface area contributed by atoms with E-state index in [1.807, 2.05) is 18.5 Å². The topological polar surface area (TPSA) is 87.2 Å². The Morgan fingerprint density at radius 3 is 2.60 bits per heavy atom. The zero-order valence-corrected chi connectivity index (χ0v) is 15.1. The van der Waals surface area contributed by atoms with Gasteiger partial charge in [0.2, 0.25) is 0 Å². The van der Waals surface area contributed by atoms with Gasteiger partial charge < -0.3 is 10.5 Å². The highest BCUT2D eigenvalue weighted by molar-refractivity contribution is 7.20. The molecular weight excluding hydrogens is 338 g/mol. The average Bonchev–Trinajstić information content (AvgIpc) is 3.11. The number of primary amides is 1. The van der Waals surface area contributed by atoms with E-state index in [0.29, 0.717) is 11.4 Å². The molecule has 0 unspecified atom stereocenters. The largest absolute Gasteiger partial charge is 0.448 e. The average molecular weight is 357 g/mol. The van der Waals surface area contributed by atoms with Crippen LogP contribution in [0.25, 0.3) is 10.2 Å². The predicted molar refractivity (Wildman–Crippen MR) is 96.7 cm³/mol. The zero-order chi connectivity index (χ0) is 18.1. The standard InChI is InChI=1S/C18H19N3O3S/c1-10-4-6-13(7-5-10)9-21-17-14(11(2)20-21)8-15(25-17)18(23)24-12(3)16(19)22/h4-8,12H,9H2,1-3H3,(H2,19,22)/t12-/m1/s1. The third-order valence-corrected chi connectivity index (χ3v) is 5.07. The van der Waals surface area contributed by atoms with E-state index in [0.717, 1.165) is 21.5 Å².